The lowest BCUT2D eigenvalue weighted by atomic mass is 10.1. The van der Waals surface area contributed by atoms with Gasteiger partial charge in [0.15, 0.2) is 0 Å². The molecule has 2 aromatic rings. The lowest BCUT2D eigenvalue weighted by Gasteiger charge is -2.25. The van der Waals surface area contributed by atoms with E-state index >= 15 is 4.39 Å². The summed E-state index contributed by atoms with van der Waals surface area (Å²) in [5.41, 5.74) is 8.13. The Morgan fingerprint density at radius 1 is 1.29 bits per heavy atom. The zero-order chi connectivity index (χ0) is 19.7. The van der Waals surface area contributed by atoms with Gasteiger partial charge in [-0.3, -0.25) is 4.79 Å². The maximum Gasteiger partial charge on any atom is 0.341 e. The minimum atomic E-state index is -1.32. The third-order valence-electron chi connectivity index (χ3n) is 6.07. The van der Waals surface area contributed by atoms with Crippen molar-refractivity contribution in [2.75, 3.05) is 18.0 Å². The van der Waals surface area contributed by atoms with Crippen LogP contribution < -0.4 is 16.1 Å². The molecule has 0 spiro atoms. The molecule has 6 nitrogen and oxygen atoms in total. The van der Waals surface area contributed by atoms with E-state index in [0.717, 1.165) is 37.3 Å². The first-order valence-corrected chi connectivity index (χ1v) is 9.76. The molecule has 1 saturated carbocycles. The van der Waals surface area contributed by atoms with Crippen molar-refractivity contribution in [2.45, 2.75) is 37.8 Å². The number of anilines is 1. The predicted molar refractivity (Wildman–Crippen MR) is 105 cm³/mol. The van der Waals surface area contributed by atoms with Gasteiger partial charge in [-0.1, -0.05) is 11.6 Å². The highest BCUT2D eigenvalue weighted by molar-refractivity contribution is 6.38. The topological polar surface area (TPSA) is 88.6 Å². The van der Waals surface area contributed by atoms with Crippen molar-refractivity contribution < 1.29 is 14.3 Å². The van der Waals surface area contributed by atoms with Crippen molar-refractivity contribution in [1.82, 2.24) is 4.57 Å². The number of carboxylic acids is 1. The van der Waals surface area contributed by atoms with Gasteiger partial charge in [-0.15, -0.1) is 0 Å². The lowest BCUT2D eigenvalue weighted by molar-refractivity contribution is 0.0695. The van der Waals surface area contributed by atoms with E-state index in [0.29, 0.717) is 18.6 Å². The number of pyridine rings is 1. The van der Waals surface area contributed by atoms with E-state index in [1.807, 2.05) is 4.90 Å². The average molecular weight is 404 g/mol. The fourth-order valence-corrected chi connectivity index (χ4v) is 4.91. The molecule has 5 rings (SSSR count). The molecule has 0 bridgehead atoms. The second kappa shape index (κ2) is 6.06. The van der Waals surface area contributed by atoms with Crippen LogP contribution in [0.2, 0.25) is 5.02 Å². The molecule has 2 aliphatic carbocycles. The molecule has 1 aliphatic heterocycles. The molecule has 146 valence electrons. The summed E-state index contributed by atoms with van der Waals surface area (Å²) in [7, 11) is 0. The summed E-state index contributed by atoms with van der Waals surface area (Å²) < 4.78 is 16.8. The standard InChI is InChI=1S/C20H19ClFN3O3/c21-16-17-11(19(26)13(20(27)28)8-25(17)10-2-3-10)5-14(22)18(16)24-6-9-1-4-15(23)12(9)7-24/h5,8,10,15H,1-4,6-7,23H2,(H,27,28). The molecular formula is C20H19ClFN3O3. The number of aromatic carboxylic acids is 1. The van der Waals surface area contributed by atoms with Crippen LogP contribution >= 0.6 is 11.6 Å². The first kappa shape index (κ1) is 17.7. The lowest BCUT2D eigenvalue weighted by Crippen LogP contribution is -2.29. The summed E-state index contributed by atoms with van der Waals surface area (Å²) in [6.07, 6.45) is 4.92. The van der Waals surface area contributed by atoms with Gasteiger partial charge >= 0.3 is 5.97 Å². The van der Waals surface area contributed by atoms with Crippen molar-refractivity contribution in [1.29, 1.82) is 0 Å². The quantitative estimate of drug-likeness (QED) is 0.769. The van der Waals surface area contributed by atoms with Crippen LogP contribution in [0.15, 0.2) is 28.2 Å². The Morgan fingerprint density at radius 3 is 2.68 bits per heavy atom. The highest BCUT2D eigenvalue weighted by Gasteiger charge is 2.34. The predicted octanol–water partition coefficient (Wildman–Crippen LogP) is 3.06. The van der Waals surface area contributed by atoms with Gasteiger partial charge in [-0.05, 0) is 42.9 Å². The van der Waals surface area contributed by atoms with Crippen molar-refractivity contribution in [2.24, 2.45) is 5.73 Å². The normalized spacial score (nSPS) is 21.7. The minimum Gasteiger partial charge on any atom is -0.477 e. The smallest absolute Gasteiger partial charge is 0.341 e. The molecule has 1 aromatic carbocycles. The van der Waals surface area contributed by atoms with E-state index in [1.165, 1.54) is 11.8 Å². The molecule has 0 saturated heterocycles. The van der Waals surface area contributed by atoms with E-state index in [-0.39, 0.29) is 33.7 Å². The third-order valence-corrected chi connectivity index (χ3v) is 6.43. The van der Waals surface area contributed by atoms with E-state index in [1.54, 1.807) is 4.57 Å². The Labute approximate surface area is 165 Å². The van der Waals surface area contributed by atoms with Crippen LogP contribution in [0, 0.1) is 5.82 Å². The Bertz CT molecular complexity index is 1140. The number of carbonyl (C=O) groups is 1. The zero-order valence-corrected chi connectivity index (χ0v) is 15.8. The van der Waals surface area contributed by atoms with Gasteiger partial charge in [0.25, 0.3) is 0 Å². The summed E-state index contributed by atoms with van der Waals surface area (Å²) >= 11 is 6.66. The van der Waals surface area contributed by atoms with Crippen molar-refractivity contribution >= 4 is 34.2 Å². The van der Waals surface area contributed by atoms with E-state index < -0.39 is 17.2 Å². The maximum atomic E-state index is 15.1. The van der Waals surface area contributed by atoms with Gasteiger partial charge < -0.3 is 20.3 Å². The highest BCUT2D eigenvalue weighted by Crippen LogP contribution is 2.44. The van der Waals surface area contributed by atoms with Gasteiger partial charge in [-0.25, -0.2) is 9.18 Å². The molecule has 3 aliphatic rings. The number of halogens is 2. The molecule has 1 atom stereocenters. The number of benzene rings is 1. The number of hydrogen-bond donors (Lipinski definition) is 2. The maximum absolute atomic E-state index is 15.1. The van der Waals surface area contributed by atoms with Gasteiger partial charge in [0.1, 0.15) is 11.4 Å². The molecule has 3 N–H and O–H groups in total. The number of aromatic nitrogens is 1. The number of nitrogens with zero attached hydrogens (tertiary/aromatic N) is 2. The number of carboxylic acid groups (broad SMARTS) is 1. The molecule has 1 aromatic heterocycles. The van der Waals surface area contributed by atoms with E-state index in [9.17, 15) is 14.7 Å². The van der Waals surface area contributed by atoms with Crippen LogP contribution in [0.3, 0.4) is 0 Å². The zero-order valence-electron chi connectivity index (χ0n) is 15.0. The molecule has 0 amide bonds. The largest absolute Gasteiger partial charge is 0.477 e. The molecular weight excluding hydrogens is 385 g/mol. The average Bonchev–Trinajstić information content (AvgIpc) is 3.31. The first-order valence-electron chi connectivity index (χ1n) is 9.38. The SMILES string of the molecule is NC1CCC2=C1CN(c1c(F)cc3c(=O)c(C(=O)O)cn(C4CC4)c3c1Cl)C2. The number of rotatable bonds is 3. The number of fused-ring (bicyclic) bond motifs is 1. The minimum absolute atomic E-state index is 0.00469. The van der Waals surface area contributed by atoms with Crippen LogP contribution in [0.5, 0.6) is 0 Å². The van der Waals surface area contributed by atoms with Crippen LogP contribution in [-0.4, -0.2) is 34.8 Å². The Hall–Kier alpha value is -2.38. The molecule has 28 heavy (non-hydrogen) atoms. The molecule has 1 unspecified atom stereocenters. The summed E-state index contributed by atoms with van der Waals surface area (Å²) in [5.74, 6) is -1.94. The van der Waals surface area contributed by atoms with Gasteiger partial charge in [0.05, 0.1) is 21.6 Å². The fraction of sp³-hybridized carbons (Fsp3) is 0.400. The van der Waals surface area contributed by atoms with E-state index in [2.05, 4.69) is 0 Å². The van der Waals surface area contributed by atoms with Crippen LogP contribution in [-0.2, 0) is 0 Å². The Balaban J connectivity index is 1.71. The summed E-state index contributed by atoms with van der Waals surface area (Å²) in [5, 5.41) is 9.54. The van der Waals surface area contributed by atoms with Crippen LogP contribution in [0.1, 0.15) is 42.1 Å². The van der Waals surface area contributed by atoms with Crippen molar-refractivity contribution in [3.63, 3.8) is 0 Å². The summed E-state index contributed by atoms with van der Waals surface area (Å²) in [6, 6.07) is 1.21. The third kappa shape index (κ3) is 2.49. The number of hydrogen-bond acceptors (Lipinski definition) is 4. The van der Waals surface area contributed by atoms with Crippen LogP contribution in [0.4, 0.5) is 10.1 Å². The molecule has 1 fully saturated rings. The fourth-order valence-electron chi connectivity index (χ4n) is 4.50. The Kier molecular flexibility index (Phi) is 3.83. The van der Waals surface area contributed by atoms with Crippen LogP contribution in [0.25, 0.3) is 10.9 Å². The monoisotopic (exact) mass is 403 g/mol. The number of nitrogens with two attached hydrogens (primary N) is 1. The van der Waals surface area contributed by atoms with Crippen molar-refractivity contribution in [3.05, 3.63) is 50.0 Å². The second-order valence-electron chi connectivity index (χ2n) is 7.86. The molecule has 2 heterocycles. The second-order valence-corrected chi connectivity index (χ2v) is 8.24. The van der Waals surface area contributed by atoms with Gasteiger partial charge in [0.2, 0.25) is 5.43 Å². The summed E-state index contributed by atoms with van der Waals surface area (Å²) in [6.45, 7) is 1.10. The highest BCUT2D eigenvalue weighted by atomic mass is 35.5. The molecule has 0 radical (unpaired) electrons. The van der Waals surface area contributed by atoms with Crippen molar-refractivity contribution in [3.8, 4) is 0 Å². The van der Waals surface area contributed by atoms with Gasteiger partial charge in [-0.2, -0.15) is 0 Å². The Morgan fingerprint density at radius 2 is 2.04 bits per heavy atom. The molecule has 8 heteroatoms. The van der Waals surface area contributed by atoms with Gasteiger partial charge in [0, 0.05) is 31.4 Å². The van der Waals surface area contributed by atoms with E-state index in [4.69, 9.17) is 17.3 Å². The first-order chi connectivity index (χ1) is 13.4. The summed E-state index contributed by atoms with van der Waals surface area (Å²) in [4.78, 5) is 26.0.